The molecule has 1 atom stereocenters. The van der Waals surface area contributed by atoms with Crippen molar-refractivity contribution < 1.29 is 14.3 Å². The average molecular weight is 382 g/mol. The molecule has 0 saturated carbocycles. The summed E-state index contributed by atoms with van der Waals surface area (Å²) in [6, 6.07) is 2.13. The third kappa shape index (κ3) is 6.37. The van der Waals surface area contributed by atoms with Crippen molar-refractivity contribution >= 4 is 23.2 Å². The summed E-state index contributed by atoms with van der Waals surface area (Å²) < 4.78 is 5.46. The van der Waals surface area contributed by atoms with Crippen LogP contribution in [0.25, 0.3) is 0 Å². The van der Waals surface area contributed by atoms with Gasteiger partial charge in [-0.25, -0.2) is 0 Å². The molecule has 1 aliphatic heterocycles. The fraction of sp³-hybridized carbons (Fsp3) is 0.684. The van der Waals surface area contributed by atoms with Gasteiger partial charge >= 0.3 is 0 Å². The molecule has 2 rings (SSSR count). The summed E-state index contributed by atoms with van der Waals surface area (Å²) in [4.78, 5) is 26.5. The Labute approximate surface area is 160 Å². The van der Waals surface area contributed by atoms with Gasteiger partial charge in [-0.2, -0.15) is 11.3 Å². The Morgan fingerprint density at radius 3 is 2.58 bits per heavy atom. The monoisotopic (exact) mass is 381 g/mol. The van der Waals surface area contributed by atoms with Crippen LogP contribution in [0.15, 0.2) is 16.8 Å². The second-order valence-corrected chi connectivity index (χ2v) is 7.39. The fourth-order valence-corrected chi connectivity index (χ4v) is 4.06. The summed E-state index contributed by atoms with van der Waals surface area (Å²) in [5.74, 6) is 0.425. The first-order valence-electron chi connectivity index (χ1n) is 9.54. The number of morpholine rings is 1. The Morgan fingerprint density at radius 1 is 1.23 bits per heavy atom. The summed E-state index contributed by atoms with van der Waals surface area (Å²) in [6.45, 7) is 8.81. The average Bonchev–Trinajstić information content (AvgIpc) is 3.20. The molecule has 2 heterocycles. The highest BCUT2D eigenvalue weighted by Gasteiger charge is 2.27. The van der Waals surface area contributed by atoms with Gasteiger partial charge in [0.1, 0.15) is 0 Å². The van der Waals surface area contributed by atoms with Crippen molar-refractivity contribution in [2.24, 2.45) is 5.92 Å². The lowest BCUT2D eigenvalue weighted by Gasteiger charge is -2.38. The van der Waals surface area contributed by atoms with Gasteiger partial charge in [0, 0.05) is 49.6 Å². The first-order valence-corrected chi connectivity index (χ1v) is 10.5. The van der Waals surface area contributed by atoms with Gasteiger partial charge in [0.05, 0.1) is 13.2 Å². The molecular formula is C19H31N3O3S. The number of nitrogens with one attached hydrogen (secondary N) is 2. The van der Waals surface area contributed by atoms with Crippen LogP contribution in [0.2, 0.25) is 0 Å². The van der Waals surface area contributed by atoms with E-state index in [1.807, 2.05) is 5.38 Å². The van der Waals surface area contributed by atoms with E-state index in [4.69, 9.17) is 4.74 Å². The van der Waals surface area contributed by atoms with E-state index in [0.717, 1.165) is 39.1 Å². The van der Waals surface area contributed by atoms with Crippen molar-refractivity contribution in [2.45, 2.75) is 39.2 Å². The normalized spacial score (nSPS) is 16.4. The smallest absolute Gasteiger partial charge is 0.252 e. The van der Waals surface area contributed by atoms with Crippen LogP contribution in [0.1, 0.15) is 43.5 Å². The zero-order chi connectivity index (χ0) is 18.8. The predicted octanol–water partition coefficient (Wildman–Crippen LogP) is 2.12. The Morgan fingerprint density at radius 2 is 1.96 bits per heavy atom. The van der Waals surface area contributed by atoms with Crippen LogP contribution >= 0.6 is 11.3 Å². The standard InChI is InChI=1S/C19H31N3O3S/c1-3-15(4-2)17(22-8-10-25-11-9-22)13-21-18(23)5-7-20-19(24)16-6-12-26-14-16/h6,12,14-15,17H,3-5,7-11,13H2,1-2H3,(H,20,24)(H,21,23). The Bertz CT molecular complexity index is 540. The molecule has 0 spiro atoms. The molecule has 1 aromatic rings. The zero-order valence-electron chi connectivity index (χ0n) is 15.8. The summed E-state index contributed by atoms with van der Waals surface area (Å²) in [5, 5.41) is 9.53. The van der Waals surface area contributed by atoms with Crippen LogP contribution in [0, 0.1) is 5.92 Å². The highest BCUT2D eigenvalue weighted by atomic mass is 32.1. The first-order chi connectivity index (χ1) is 12.7. The van der Waals surface area contributed by atoms with Crippen LogP contribution in [0.4, 0.5) is 0 Å². The van der Waals surface area contributed by atoms with Crippen LogP contribution in [-0.4, -0.2) is 62.1 Å². The maximum atomic E-state index is 12.2. The zero-order valence-corrected chi connectivity index (χ0v) is 16.6. The minimum Gasteiger partial charge on any atom is -0.379 e. The van der Waals surface area contributed by atoms with E-state index in [0.29, 0.717) is 37.0 Å². The summed E-state index contributed by atoms with van der Waals surface area (Å²) in [5.41, 5.74) is 0.650. The van der Waals surface area contributed by atoms with Crippen LogP contribution in [0.3, 0.4) is 0 Å². The molecule has 0 radical (unpaired) electrons. The van der Waals surface area contributed by atoms with Crippen LogP contribution < -0.4 is 10.6 Å². The summed E-state index contributed by atoms with van der Waals surface area (Å²) >= 11 is 1.49. The molecule has 1 unspecified atom stereocenters. The van der Waals surface area contributed by atoms with Gasteiger partial charge in [0.15, 0.2) is 0 Å². The second-order valence-electron chi connectivity index (χ2n) is 6.61. The van der Waals surface area contributed by atoms with Crippen molar-refractivity contribution in [1.82, 2.24) is 15.5 Å². The molecule has 1 fully saturated rings. The Kier molecular flexibility index (Phi) is 9.08. The minimum atomic E-state index is -0.123. The minimum absolute atomic E-state index is 0.0140. The number of hydrogen-bond acceptors (Lipinski definition) is 5. The van der Waals surface area contributed by atoms with E-state index >= 15 is 0 Å². The van der Waals surface area contributed by atoms with Gasteiger partial charge in [0.2, 0.25) is 5.91 Å². The number of carbonyl (C=O) groups excluding carboxylic acids is 2. The van der Waals surface area contributed by atoms with Crippen molar-refractivity contribution in [3.05, 3.63) is 22.4 Å². The van der Waals surface area contributed by atoms with E-state index in [9.17, 15) is 9.59 Å². The van der Waals surface area contributed by atoms with E-state index in [-0.39, 0.29) is 11.8 Å². The topological polar surface area (TPSA) is 70.7 Å². The number of amides is 2. The molecule has 0 aliphatic carbocycles. The molecule has 0 bridgehead atoms. The molecule has 7 heteroatoms. The maximum absolute atomic E-state index is 12.2. The van der Waals surface area contributed by atoms with Crippen molar-refractivity contribution in [3.8, 4) is 0 Å². The molecule has 26 heavy (non-hydrogen) atoms. The quantitative estimate of drug-likeness (QED) is 0.651. The summed E-state index contributed by atoms with van der Waals surface area (Å²) in [7, 11) is 0. The molecule has 146 valence electrons. The van der Waals surface area contributed by atoms with Gasteiger partial charge in [-0.3, -0.25) is 14.5 Å². The highest BCUT2D eigenvalue weighted by Crippen LogP contribution is 2.19. The third-order valence-electron chi connectivity index (χ3n) is 5.04. The lowest BCUT2D eigenvalue weighted by molar-refractivity contribution is -0.121. The number of nitrogens with zero attached hydrogens (tertiary/aromatic N) is 1. The van der Waals surface area contributed by atoms with Gasteiger partial charge < -0.3 is 15.4 Å². The van der Waals surface area contributed by atoms with Gasteiger partial charge in [0.25, 0.3) is 5.91 Å². The lowest BCUT2D eigenvalue weighted by Crippen LogP contribution is -2.52. The van der Waals surface area contributed by atoms with Gasteiger partial charge in [-0.1, -0.05) is 26.7 Å². The molecular weight excluding hydrogens is 350 g/mol. The fourth-order valence-electron chi connectivity index (χ4n) is 3.43. The third-order valence-corrected chi connectivity index (χ3v) is 5.72. The van der Waals surface area contributed by atoms with Crippen molar-refractivity contribution in [2.75, 3.05) is 39.4 Å². The van der Waals surface area contributed by atoms with Crippen LogP contribution in [-0.2, 0) is 9.53 Å². The number of rotatable bonds is 10. The molecule has 1 saturated heterocycles. The van der Waals surface area contributed by atoms with E-state index in [1.165, 1.54) is 11.3 Å². The molecule has 1 aromatic heterocycles. The molecule has 1 aliphatic rings. The Balaban J connectivity index is 1.75. The molecule has 6 nitrogen and oxygen atoms in total. The molecule has 2 N–H and O–H groups in total. The predicted molar refractivity (Wildman–Crippen MR) is 105 cm³/mol. The maximum Gasteiger partial charge on any atom is 0.252 e. The molecule has 2 amide bonds. The number of thiophene rings is 1. The first kappa shape index (κ1) is 20.9. The number of carbonyl (C=O) groups is 2. The van der Waals surface area contributed by atoms with E-state index in [2.05, 4.69) is 29.4 Å². The van der Waals surface area contributed by atoms with E-state index in [1.54, 1.807) is 11.4 Å². The van der Waals surface area contributed by atoms with Gasteiger partial charge in [-0.15, -0.1) is 0 Å². The summed E-state index contributed by atoms with van der Waals surface area (Å²) in [6.07, 6.45) is 2.50. The van der Waals surface area contributed by atoms with Crippen molar-refractivity contribution in [1.29, 1.82) is 0 Å². The largest absolute Gasteiger partial charge is 0.379 e. The SMILES string of the molecule is CCC(CC)C(CNC(=O)CCNC(=O)c1ccsc1)N1CCOCC1. The van der Waals surface area contributed by atoms with Gasteiger partial charge in [-0.05, 0) is 17.4 Å². The second kappa shape index (κ2) is 11.3. The van der Waals surface area contributed by atoms with E-state index < -0.39 is 0 Å². The van der Waals surface area contributed by atoms with Crippen LogP contribution in [0.5, 0.6) is 0 Å². The molecule has 0 aromatic carbocycles. The number of hydrogen-bond donors (Lipinski definition) is 2. The Hall–Kier alpha value is -1.44. The highest BCUT2D eigenvalue weighted by molar-refractivity contribution is 7.08. The number of ether oxygens (including phenoxy) is 1. The van der Waals surface area contributed by atoms with Crippen molar-refractivity contribution in [3.63, 3.8) is 0 Å². The lowest BCUT2D eigenvalue weighted by atomic mass is 9.92.